The van der Waals surface area contributed by atoms with Crippen LogP contribution in [0.3, 0.4) is 0 Å². The van der Waals surface area contributed by atoms with E-state index in [1.807, 2.05) is 31.2 Å². The molecule has 2 nitrogen and oxygen atoms in total. The third kappa shape index (κ3) is 3.15. The lowest BCUT2D eigenvalue weighted by Gasteiger charge is -1.95. The van der Waals surface area contributed by atoms with Crippen LogP contribution < -0.4 is 5.73 Å². The topological polar surface area (TPSA) is 38.9 Å². The highest BCUT2D eigenvalue weighted by atomic mass is 79.9. The fraction of sp³-hybridized carbons (Fsp3) is 0.222. The third-order valence-corrected chi connectivity index (χ3v) is 1.79. The number of hydrogen-bond donors (Lipinski definition) is 1. The van der Waals surface area contributed by atoms with E-state index in [2.05, 4.69) is 20.9 Å². The molecule has 0 amide bonds. The van der Waals surface area contributed by atoms with Crippen molar-refractivity contribution in [2.75, 3.05) is 0 Å². The van der Waals surface area contributed by atoms with Gasteiger partial charge in [-0.05, 0) is 41.1 Å². The van der Waals surface area contributed by atoms with Crippen molar-refractivity contribution in [2.45, 2.75) is 13.0 Å². The summed E-state index contributed by atoms with van der Waals surface area (Å²) in [6.45, 7) is 1.93. The van der Waals surface area contributed by atoms with Gasteiger partial charge in [0.1, 0.15) is 0 Å². The van der Waals surface area contributed by atoms with Crippen molar-refractivity contribution in [1.29, 1.82) is 0 Å². The minimum atomic E-state index is 0.0791. The fourth-order valence-electron chi connectivity index (χ4n) is 0.736. The lowest BCUT2D eigenvalue weighted by atomic mass is 10.2. The van der Waals surface area contributed by atoms with Crippen molar-refractivity contribution in [3.05, 3.63) is 34.6 Å². The van der Waals surface area contributed by atoms with Crippen molar-refractivity contribution in [3.63, 3.8) is 0 Å². The second kappa shape index (κ2) is 4.38. The van der Waals surface area contributed by atoms with Crippen LogP contribution in [0.5, 0.6) is 0 Å². The van der Waals surface area contributed by atoms with Gasteiger partial charge in [0.15, 0.2) is 0 Å². The second-order valence-corrected chi connectivity index (χ2v) is 3.54. The molecule has 0 aliphatic carbocycles. The minimum absolute atomic E-state index is 0.0791. The summed E-state index contributed by atoms with van der Waals surface area (Å²) in [7, 11) is 0. The molecule has 1 rings (SSSR count). The summed E-state index contributed by atoms with van der Waals surface area (Å²) in [6.07, 6.45) is 5.59. The van der Waals surface area contributed by atoms with Gasteiger partial charge in [0, 0.05) is 16.7 Å². The highest BCUT2D eigenvalue weighted by molar-refractivity contribution is 9.10. The Morgan fingerprint density at radius 1 is 1.58 bits per heavy atom. The molecule has 0 radical (unpaired) electrons. The quantitative estimate of drug-likeness (QED) is 0.841. The molecule has 1 atom stereocenters. The Morgan fingerprint density at radius 2 is 2.33 bits per heavy atom. The lowest BCUT2D eigenvalue weighted by molar-refractivity contribution is 0.930. The van der Waals surface area contributed by atoms with Crippen molar-refractivity contribution in [2.24, 2.45) is 5.73 Å². The molecule has 0 aromatic carbocycles. The van der Waals surface area contributed by atoms with Gasteiger partial charge in [-0.25, -0.2) is 0 Å². The lowest BCUT2D eigenvalue weighted by Crippen LogP contribution is -2.09. The van der Waals surface area contributed by atoms with E-state index in [9.17, 15) is 0 Å². The zero-order chi connectivity index (χ0) is 8.97. The summed E-state index contributed by atoms with van der Waals surface area (Å²) in [6, 6.07) is 3.96. The van der Waals surface area contributed by atoms with E-state index in [0.29, 0.717) is 0 Å². The minimum Gasteiger partial charge on any atom is -0.325 e. The Morgan fingerprint density at radius 3 is 2.83 bits per heavy atom. The van der Waals surface area contributed by atoms with E-state index in [4.69, 9.17) is 5.73 Å². The highest BCUT2D eigenvalue weighted by Crippen LogP contribution is 2.08. The molecule has 0 saturated carbocycles. The Kier molecular flexibility index (Phi) is 3.44. The SMILES string of the molecule is CC(N)/C=C/c1ccc(Br)cn1. The van der Waals surface area contributed by atoms with Crippen LogP contribution >= 0.6 is 15.9 Å². The van der Waals surface area contributed by atoms with E-state index in [1.165, 1.54) is 0 Å². The Bertz CT molecular complexity index is 264. The van der Waals surface area contributed by atoms with E-state index in [0.717, 1.165) is 10.2 Å². The Labute approximate surface area is 80.6 Å². The summed E-state index contributed by atoms with van der Waals surface area (Å²) in [5.41, 5.74) is 6.47. The summed E-state index contributed by atoms with van der Waals surface area (Å²) in [5.74, 6) is 0. The van der Waals surface area contributed by atoms with Crippen LogP contribution in [-0.4, -0.2) is 11.0 Å². The Hall–Kier alpha value is -0.670. The van der Waals surface area contributed by atoms with Crippen LogP contribution in [0.2, 0.25) is 0 Å². The van der Waals surface area contributed by atoms with Gasteiger partial charge in [0.05, 0.1) is 5.69 Å². The number of aromatic nitrogens is 1. The first kappa shape index (κ1) is 9.42. The van der Waals surface area contributed by atoms with Crippen LogP contribution in [0.25, 0.3) is 6.08 Å². The van der Waals surface area contributed by atoms with Gasteiger partial charge in [-0.15, -0.1) is 0 Å². The average molecular weight is 227 g/mol. The van der Waals surface area contributed by atoms with Crippen LogP contribution in [0.4, 0.5) is 0 Å². The number of pyridine rings is 1. The molecule has 1 aromatic heterocycles. The van der Waals surface area contributed by atoms with Crippen LogP contribution in [0, 0.1) is 0 Å². The number of nitrogens with two attached hydrogens (primary N) is 1. The molecular weight excluding hydrogens is 216 g/mol. The third-order valence-electron chi connectivity index (χ3n) is 1.32. The first-order chi connectivity index (χ1) is 5.68. The molecule has 0 fully saturated rings. The largest absolute Gasteiger partial charge is 0.325 e. The van der Waals surface area contributed by atoms with Crippen molar-refractivity contribution in [3.8, 4) is 0 Å². The molecule has 0 aliphatic rings. The standard InChI is InChI=1S/C9H11BrN2/c1-7(11)2-4-9-5-3-8(10)6-12-9/h2-7H,11H2,1H3/b4-2+. The summed E-state index contributed by atoms with van der Waals surface area (Å²) in [4.78, 5) is 4.16. The molecule has 1 heterocycles. The molecule has 0 spiro atoms. The predicted octanol–water partition coefficient (Wildman–Crippen LogP) is 2.20. The van der Waals surface area contributed by atoms with Crippen LogP contribution in [-0.2, 0) is 0 Å². The maximum Gasteiger partial charge on any atom is 0.0627 e. The number of hydrogen-bond acceptors (Lipinski definition) is 2. The van der Waals surface area contributed by atoms with Gasteiger partial charge < -0.3 is 5.73 Å². The predicted molar refractivity (Wildman–Crippen MR) is 54.6 cm³/mol. The van der Waals surface area contributed by atoms with E-state index < -0.39 is 0 Å². The molecule has 3 heteroatoms. The molecule has 12 heavy (non-hydrogen) atoms. The number of halogens is 1. The summed E-state index contributed by atoms with van der Waals surface area (Å²) >= 11 is 3.31. The van der Waals surface area contributed by atoms with Gasteiger partial charge in [-0.1, -0.05) is 6.08 Å². The summed E-state index contributed by atoms with van der Waals surface area (Å²) < 4.78 is 0.987. The molecule has 64 valence electrons. The maximum absolute atomic E-state index is 5.55. The van der Waals surface area contributed by atoms with Crippen molar-refractivity contribution < 1.29 is 0 Å². The molecule has 0 aliphatic heterocycles. The van der Waals surface area contributed by atoms with E-state index in [-0.39, 0.29) is 6.04 Å². The summed E-state index contributed by atoms with van der Waals surface area (Å²) in [5, 5.41) is 0. The first-order valence-electron chi connectivity index (χ1n) is 3.74. The normalized spacial score (nSPS) is 13.6. The van der Waals surface area contributed by atoms with Crippen LogP contribution in [0.15, 0.2) is 28.9 Å². The first-order valence-corrected chi connectivity index (χ1v) is 4.53. The van der Waals surface area contributed by atoms with Crippen molar-refractivity contribution >= 4 is 22.0 Å². The van der Waals surface area contributed by atoms with Crippen LogP contribution in [0.1, 0.15) is 12.6 Å². The van der Waals surface area contributed by atoms with Gasteiger partial charge >= 0.3 is 0 Å². The molecule has 1 aromatic rings. The molecule has 1 unspecified atom stereocenters. The monoisotopic (exact) mass is 226 g/mol. The molecule has 0 saturated heterocycles. The van der Waals surface area contributed by atoms with Gasteiger partial charge in [-0.3, -0.25) is 4.98 Å². The fourth-order valence-corrected chi connectivity index (χ4v) is 0.971. The van der Waals surface area contributed by atoms with E-state index >= 15 is 0 Å². The van der Waals surface area contributed by atoms with Gasteiger partial charge in [-0.2, -0.15) is 0 Å². The van der Waals surface area contributed by atoms with Gasteiger partial charge in [0.2, 0.25) is 0 Å². The second-order valence-electron chi connectivity index (χ2n) is 2.62. The number of nitrogens with zero attached hydrogens (tertiary/aromatic N) is 1. The molecule has 2 N–H and O–H groups in total. The van der Waals surface area contributed by atoms with E-state index in [1.54, 1.807) is 6.20 Å². The Balaban J connectivity index is 2.71. The zero-order valence-electron chi connectivity index (χ0n) is 6.87. The van der Waals surface area contributed by atoms with Gasteiger partial charge in [0.25, 0.3) is 0 Å². The molecular formula is C9H11BrN2. The van der Waals surface area contributed by atoms with Crippen molar-refractivity contribution in [1.82, 2.24) is 4.98 Å². The molecule has 0 bridgehead atoms. The maximum atomic E-state index is 5.55. The zero-order valence-corrected chi connectivity index (χ0v) is 8.45. The highest BCUT2D eigenvalue weighted by Gasteiger charge is 1.89. The smallest absolute Gasteiger partial charge is 0.0627 e. The number of rotatable bonds is 2. The average Bonchev–Trinajstić information content (AvgIpc) is 2.03.